The molecule has 4 nitrogen and oxygen atoms in total. The van der Waals surface area contributed by atoms with Crippen molar-refractivity contribution >= 4 is 10.9 Å². The van der Waals surface area contributed by atoms with Gasteiger partial charge >= 0.3 is 0 Å². The van der Waals surface area contributed by atoms with Crippen molar-refractivity contribution in [3.8, 4) is 23.3 Å². The van der Waals surface area contributed by atoms with Gasteiger partial charge in [-0.1, -0.05) is 36.4 Å². The first kappa shape index (κ1) is 17.5. The molecule has 0 aliphatic carbocycles. The molecule has 1 aromatic heterocycles. The zero-order valence-corrected chi connectivity index (χ0v) is 14.8. The molecular weight excluding hydrogens is 355 g/mol. The van der Waals surface area contributed by atoms with Crippen molar-refractivity contribution in [3.63, 3.8) is 0 Å². The van der Waals surface area contributed by atoms with Crippen LogP contribution in [0.15, 0.2) is 79.0 Å². The molecule has 0 N–H and O–H groups in total. The van der Waals surface area contributed by atoms with Crippen LogP contribution in [-0.4, -0.2) is 4.98 Å². The summed E-state index contributed by atoms with van der Waals surface area (Å²) in [6, 6.07) is 22.8. The SMILES string of the molecule is N#Cc1cc2c(Oc3cccc(F)c3)ccnc2cc1OCc1ccccc1. The smallest absolute Gasteiger partial charge is 0.139 e. The molecule has 0 spiro atoms. The molecule has 1 heterocycles. The topological polar surface area (TPSA) is 55.1 Å². The summed E-state index contributed by atoms with van der Waals surface area (Å²) in [4.78, 5) is 4.35. The molecule has 0 fully saturated rings. The third kappa shape index (κ3) is 3.76. The van der Waals surface area contributed by atoms with E-state index in [2.05, 4.69) is 11.1 Å². The minimum absolute atomic E-state index is 0.348. The van der Waals surface area contributed by atoms with Gasteiger partial charge in [0.1, 0.15) is 35.7 Å². The summed E-state index contributed by atoms with van der Waals surface area (Å²) in [5.74, 6) is 0.927. The highest BCUT2D eigenvalue weighted by Gasteiger charge is 2.12. The van der Waals surface area contributed by atoms with E-state index >= 15 is 0 Å². The largest absolute Gasteiger partial charge is 0.487 e. The summed E-state index contributed by atoms with van der Waals surface area (Å²) in [6.45, 7) is 0.348. The Bertz CT molecular complexity index is 1170. The highest BCUT2D eigenvalue weighted by Crippen LogP contribution is 2.33. The van der Waals surface area contributed by atoms with Crippen LogP contribution in [0.25, 0.3) is 10.9 Å². The molecule has 0 saturated heterocycles. The first-order valence-electron chi connectivity index (χ1n) is 8.66. The molecule has 0 aliphatic heterocycles. The van der Waals surface area contributed by atoms with Crippen LogP contribution in [0.2, 0.25) is 0 Å². The fourth-order valence-corrected chi connectivity index (χ4v) is 2.84. The number of pyridine rings is 1. The van der Waals surface area contributed by atoms with E-state index in [0.717, 1.165) is 5.56 Å². The van der Waals surface area contributed by atoms with E-state index in [9.17, 15) is 9.65 Å². The van der Waals surface area contributed by atoms with Crippen LogP contribution < -0.4 is 9.47 Å². The Hall–Kier alpha value is -3.91. The number of hydrogen-bond acceptors (Lipinski definition) is 4. The Kier molecular flexibility index (Phi) is 4.85. The van der Waals surface area contributed by atoms with E-state index in [0.29, 0.717) is 40.3 Å². The maximum absolute atomic E-state index is 13.4. The van der Waals surface area contributed by atoms with Crippen LogP contribution in [0, 0.1) is 17.1 Å². The molecule has 0 amide bonds. The fourth-order valence-electron chi connectivity index (χ4n) is 2.84. The van der Waals surface area contributed by atoms with Gasteiger partial charge in [-0.2, -0.15) is 5.26 Å². The fraction of sp³-hybridized carbons (Fsp3) is 0.0435. The van der Waals surface area contributed by atoms with Crippen molar-refractivity contribution in [2.75, 3.05) is 0 Å². The Balaban J connectivity index is 1.68. The van der Waals surface area contributed by atoms with Crippen LogP contribution >= 0.6 is 0 Å². The Labute approximate surface area is 161 Å². The van der Waals surface area contributed by atoms with Crippen molar-refractivity contribution in [1.82, 2.24) is 4.98 Å². The van der Waals surface area contributed by atoms with Gasteiger partial charge in [-0.25, -0.2) is 4.39 Å². The predicted molar refractivity (Wildman–Crippen MR) is 104 cm³/mol. The van der Waals surface area contributed by atoms with Gasteiger partial charge in [0.2, 0.25) is 0 Å². The van der Waals surface area contributed by atoms with Crippen LogP contribution in [0.4, 0.5) is 4.39 Å². The minimum atomic E-state index is -0.384. The molecule has 4 aromatic rings. The average Bonchev–Trinajstić information content (AvgIpc) is 2.72. The standard InChI is InChI=1S/C23H15FN2O2/c24-18-7-4-8-19(12-18)28-22-9-10-26-21-13-23(17(14-25)11-20(21)22)27-15-16-5-2-1-3-6-16/h1-13H,15H2. The molecule has 0 aliphatic rings. The molecule has 0 bridgehead atoms. The summed E-state index contributed by atoms with van der Waals surface area (Å²) < 4.78 is 25.1. The van der Waals surface area contributed by atoms with Gasteiger partial charge in [-0.05, 0) is 29.8 Å². The predicted octanol–water partition coefficient (Wildman–Crippen LogP) is 5.62. The van der Waals surface area contributed by atoms with Gasteiger partial charge in [0.15, 0.2) is 0 Å². The quantitative estimate of drug-likeness (QED) is 0.458. The molecule has 136 valence electrons. The average molecular weight is 370 g/mol. The van der Waals surface area contributed by atoms with E-state index in [1.165, 1.54) is 12.1 Å². The van der Waals surface area contributed by atoms with Crippen LogP contribution in [0.5, 0.6) is 17.2 Å². The first-order chi connectivity index (χ1) is 13.7. The van der Waals surface area contributed by atoms with Gasteiger partial charge in [-0.15, -0.1) is 0 Å². The number of nitriles is 1. The number of halogens is 1. The maximum atomic E-state index is 13.4. The Morgan fingerprint density at radius 1 is 0.929 bits per heavy atom. The molecule has 3 aromatic carbocycles. The van der Waals surface area contributed by atoms with Crippen molar-refractivity contribution in [3.05, 3.63) is 95.9 Å². The second-order valence-electron chi connectivity index (χ2n) is 6.12. The number of rotatable bonds is 5. The second-order valence-corrected chi connectivity index (χ2v) is 6.12. The number of ether oxygens (including phenoxy) is 2. The highest BCUT2D eigenvalue weighted by molar-refractivity contribution is 5.88. The van der Waals surface area contributed by atoms with Crippen molar-refractivity contribution in [2.24, 2.45) is 0 Å². The zero-order chi connectivity index (χ0) is 19.3. The van der Waals surface area contributed by atoms with Gasteiger partial charge in [0.05, 0.1) is 11.1 Å². The number of fused-ring (bicyclic) bond motifs is 1. The minimum Gasteiger partial charge on any atom is -0.487 e. The molecule has 28 heavy (non-hydrogen) atoms. The molecule has 0 saturated carbocycles. The van der Waals surface area contributed by atoms with Gasteiger partial charge in [0, 0.05) is 23.7 Å². The summed E-state index contributed by atoms with van der Waals surface area (Å²) in [5, 5.41) is 10.2. The monoisotopic (exact) mass is 370 g/mol. The molecule has 0 radical (unpaired) electrons. The number of nitrogens with zero attached hydrogens (tertiary/aromatic N) is 2. The molecular formula is C23H15FN2O2. The lowest BCUT2D eigenvalue weighted by Crippen LogP contribution is -1.98. The Morgan fingerprint density at radius 3 is 2.57 bits per heavy atom. The molecule has 5 heteroatoms. The van der Waals surface area contributed by atoms with Crippen molar-refractivity contribution < 1.29 is 13.9 Å². The van der Waals surface area contributed by atoms with E-state index in [4.69, 9.17) is 9.47 Å². The van der Waals surface area contributed by atoms with Gasteiger partial charge in [0.25, 0.3) is 0 Å². The van der Waals surface area contributed by atoms with Crippen molar-refractivity contribution in [2.45, 2.75) is 6.61 Å². The van der Waals surface area contributed by atoms with Crippen LogP contribution in [0.3, 0.4) is 0 Å². The third-order valence-corrected chi connectivity index (χ3v) is 4.18. The van der Waals surface area contributed by atoms with E-state index in [1.807, 2.05) is 30.3 Å². The van der Waals surface area contributed by atoms with Gasteiger partial charge in [-0.3, -0.25) is 4.98 Å². The zero-order valence-electron chi connectivity index (χ0n) is 14.8. The summed E-state index contributed by atoms with van der Waals surface area (Å²) in [6.07, 6.45) is 1.60. The summed E-state index contributed by atoms with van der Waals surface area (Å²) in [7, 11) is 0. The lowest BCUT2D eigenvalue weighted by Gasteiger charge is -2.12. The van der Waals surface area contributed by atoms with E-state index in [1.54, 1.807) is 36.5 Å². The first-order valence-corrected chi connectivity index (χ1v) is 8.66. The van der Waals surface area contributed by atoms with E-state index in [-0.39, 0.29) is 5.82 Å². The number of aromatic nitrogens is 1. The normalized spacial score (nSPS) is 10.4. The third-order valence-electron chi connectivity index (χ3n) is 4.18. The summed E-state index contributed by atoms with van der Waals surface area (Å²) >= 11 is 0. The highest BCUT2D eigenvalue weighted by atomic mass is 19.1. The molecule has 4 rings (SSSR count). The Morgan fingerprint density at radius 2 is 1.79 bits per heavy atom. The maximum Gasteiger partial charge on any atom is 0.139 e. The van der Waals surface area contributed by atoms with Gasteiger partial charge < -0.3 is 9.47 Å². The lowest BCUT2D eigenvalue weighted by atomic mass is 10.1. The van der Waals surface area contributed by atoms with Crippen LogP contribution in [0.1, 0.15) is 11.1 Å². The number of benzene rings is 3. The lowest BCUT2D eigenvalue weighted by molar-refractivity contribution is 0.305. The second kappa shape index (κ2) is 7.77. The molecule has 0 unspecified atom stereocenters. The number of hydrogen-bond donors (Lipinski definition) is 0. The van der Waals surface area contributed by atoms with Crippen LogP contribution in [-0.2, 0) is 6.61 Å². The van der Waals surface area contributed by atoms with Crippen molar-refractivity contribution in [1.29, 1.82) is 5.26 Å². The van der Waals surface area contributed by atoms with E-state index < -0.39 is 0 Å². The summed E-state index contributed by atoms with van der Waals surface area (Å²) in [5.41, 5.74) is 2.00. The molecule has 0 atom stereocenters.